The van der Waals surface area contributed by atoms with E-state index >= 15 is 0 Å². The molecule has 0 aliphatic heterocycles. The van der Waals surface area contributed by atoms with E-state index < -0.39 is 11.5 Å². The summed E-state index contributed by atoms with van der Waals surface area (Å²) in [4.78, 5) is 16.0. The number of nitrogens with zero attached hydrogens (tertiary/aromatic N) is 1. The number of aliphatic hydroxyl groups is 1. The van der Waals surface area contributed by atoms with Crippen molar-refractivity contribution in [2.24, 2.45) is 5.92 Å². The number of aromatic nitrogens is 1. The second-order valence-corrected chi connectivity index (χ2v) is 4.58. The summed E-state index contributed by atoms with van der Waals surface area (Å²) in [5, 5.41) is 10.6. The fourth-order valence-electron chi connectivity index (χ4n) is 2.02. The molecule has 2 unspecified atom stereocenters. The molecule has 0 radical (unpaired) electrons. The smallest absolute Gasteiger partial charge is 0.312 e. The molecule has 18 heavy (non-hydrogen) atoms. The number of ether oxygens (including phenoxy) is 1. The lowest BCUT2D eigenvalue weighted by Crippen LogP contribution is -2.38. The van der Waals surface area contributed by atoms with Crippen LogP contribution in [0.25, 0.3) is 0 Å². The molecule has 100 valence electrons. The highest BCUT2D eigenvalue weighted by Gasteiger charge is 2.40. The third-order valence-corrected chi connectivity index (χ3v) is 3.19. The molecule has 1 heterocycles. The lowest BCUT2D eigenvalue weighted by atomic mass is 9.82. The Hall–Kier alpha value is -1.42. The van der Waals surface area contributed by atoms with Gasteiger partial charge in [0.1, 0.15) is 5.60 Å². The van der Waals surface area contributed by atoms with Crippen molar-refractivity contribution in [2.75, 3.05) is 7.11 Å². The largest absolute Gasteiger partial charge is 0.469 e. The van der Waals surface area contributed by atoms with Crippen molar-refractivity contribution in [3.63, 3.8) is 0 Å². The molecule has 0 aliphatic rings. The Kier molecular flexibility index (Phi) is 5.28. The van der Waals surface area contributed by atoms with Crippen LogP contribution in [0, 0.1) is 5.92 Å². The second kappa shape index (κ2) is 6.50. The Balaban J connectivity index is 2.99. The van der Waals surface area contributed by atoms with Crippen LogP contribution >= 0.6 is 0 Å². The summed E-state index contributed by atoms with van der Waals surface area (Å²) in [7, 11) is 1.34. The average molecular weight is 251 g/mol. The molecular weight excluding hydrogens is 230 g/mol. The molecule has 4 heteroatoms. The van der Waals surface area contributed by atoms with Crippen molar-refractivity contribution in [2.45, 2.75) is 38.7 Å². The lowest BCUT2D eigenvalue weighted by molar-refractivity contribution is -0.156. The number of carbonyl (C=O) groups excluding carboxylic acids is 1. The SMILES string of the molecule is CCCCC(C(=O)OC)C(C)(O)c1ccccn1. The Morgan fingerprint density at radius 3 is 2.78 bits per heavy atom. The predicted octanol–water partition coefficient (Wildman–Crippen LogP) is 2.27. The Labute approximate surface area is 108 Å². The summed E-state index contributed by atoms with van der Waals surface area (Å²) < 4.78 is 4.79. The highest BCUT2D eigenvalue weighted by molar-refractivity contribution is 5.73. The third-order valence-electron chi connectivity index (χ3n) is 3.19. The monoisotopic (exact) mass is 251 g/mol. The second-order valence-electron chi connectivity index (χ2n) is 4.58. The van der Waals surface area contributed by atoms with E-state index in [1.165, 1.54) is 7.11 Å². The molecule has 2 atom stereocenters. The van der Waals surface area contributed by atoms with Gasteiger partial charge in [-0.05, 0) is 25.5 Å². The van der Waals surface area contributed by atoms with Crippen molar-refractivity contribution >= 4 is 5.97 Å². The third kappa shape index (κ3) is 3.29. The predicted molar refractivity (Wildman–Crippen MR) is 68.8 cm³/mol. The van der Waals surface area contributed by atoms with E-state index in [1.54, 1.807) is 31.3 Å². The van der Waals surface area contributed by atoms with Gasteiger partial charge in [0, 0.05) is 6.20 Å². The number of methoxy groups -OCH3 is 1. The van der Waals surface area contributed by atoms with E-state index in [9.17, 15) is 9.90 Å². The van der Waals surface area contributed by atoms with E-state index in [1.807, 2.05) is 6.92 Å². The molecule has 1 aromatic rings. The van der Waals surface area contributed by atoms with Crippen LogP contribution in [0.15, 0.2) is 24.4 Å². The Morgan fingerprint density at radius 1 is 1.56 bits per heavy atom. The van der Waals surface area contributed by atoms with Gasteiger partial charge in [0.25, 0.3) is 0 Å². The van der Waals surface area contributed by atoms with Gasteiger partial charge in [0.05, 0.1) is 18.7 Å². The number of esters is 1. The van der Waals surface area contributed by atoms with Crippen molar-refractivity contribution in [1.29, 1.82) is 0 Å². The van der Waals surface area contributed by atoms with Crippen molar-refractivity contribution in [3.05, 3.63) is 30.1 Å². The summed E-state index contributed by atoms with van der Waals surface area (Å²) >= 11 is 0. The van der Waals surface area contributed by atoms with Crippen LogP contribution in [0.2, 0.25) is 0 Å². The summed E-state index contributed by atoms with van der Waals surface area (Å²) in [5.41, 5.74) is -0.805. The average Bonchev–Trinajstić information content (AvgIpc) is 2.39. The molecule has 0 spiro atoms. The highest BCUT2D eigenvalue weighted by Crippen LogP contribution is 2.32. The van der Waals surface area contributed by atoms with Gasteiger partial charge in [-0.15, -0.1) is 0 Å². The highest BCUT2D eigenvalue weighted by atomic mass is 16.5. The van der Waals surface area contributed by atoms with Crippen LogP contribution < -0.4 is 0 Å². The fraction of sp³-hybridized carbons (Fsp3) is 0.571. The normalized spacial score (nSPS) is 15.8. The summed E-state index contributed by atoms with van der Waals surface area (Å²) in [6.07, 6.45) is 4.03. The molecule has 0 saturated heterocycles. The van der Waals surface area contributed by atoms with E-state index in [2.05, 4.69) is 4.98 Å². The van der Waals surface area contributed by atoms with Crippen LogP contribution in [-0.2, 0) is 15.1 Å². The Morgan fingerprint density at radius 2 is 2.28 bits per heavy atom. The van der Waals surface area contributed by atoms with Gasteiger partial charge < -0.3 is 9.84 Å². The van der Waals surface area contributed by atoms with Crippen molar-refractivity contribution in [3.8, 4) is 0 Å². The zero-order valence-electron chi connectivity index (χ0n) is 11.2. The first-order valence-corrected chi connectivity index (χ1v) is 6.25. The van der Waals surface area contributed by atoms with E-state index in [0.717, 1.165) is 12.8 Å². The maximum absolute atomic E-state index is 11.8. The van der Waals surface area contributed by atoms with Gasteiger partial charge in [-0.25, -0.2) is 0 Å². The number of rotatable bonds is 6. The van der Waals surface area contributed by atoms with Gasteiger partial charge >= 0.3 is 5.97 Å². The van der Waals surface area contributed by atoms with Crippen LogP contribution in [0.5, 0.6) is 0 Å². The van der Waals surface area contributed by atoms with Gasteiger partial charge in [-0.1, -0.05) is 25.8 Å². The van der Waals surface area contributed by atoms with Crippen LogP contribution in [0.1, 0.15) is 38.8 Å². The molecular formula is C14H21NO3. The van der Waals surface area contributed by atoms with Gasteiger partial charge in [-0.2, -0.15) is 0 Å². The summed E-state index contributed by atoms with van der Waals surface area (Å²) in [6, 6.07) is 5.30. The quantitative estimate of drug-likeness (QED) is 0.788. The van der Waals surface area contributed by atoms with Crippen molar-refractivity contribution < 1.29 is 14.6 Å². The molecule has 0 saturated carbocycles. The first kappa shape index (κ1) is 14.6. The van der Waals surface area contributed by atoms with E-state index in [0.29, 0.717) is 12.1 Å². The molecule has 0 aliphatic carbocycles. The molecule has 1 rings (SSSR count). The van der Waals surface area contributed by atoms with E-state index in [-0.39, 0.29) is 5.97 Å². The molecule has 0 fully saturated rings. The van der Waals surface area contributed by atoms with Crippen LogP contribution in [0.4, 0.5) is 0 Å². The zero-order chi connectivity index (χ0) is 13.6. The molecule has 1 aromatic heterocycles. The topological polar surface area (TPSA) is 59.4 Å². The zero-order valence-corrected chi connectivity index (χ0v) is 11.2. The van der Waals surface area contributed by atoms with Gasteiger partial charge in [-0.3, -0.25) is 9.78 Å². The number of hydrogen-bond donors (Lipinski definition) is 1. The Bertz CT molecular complexity index is 376. The van der Waals surface area contributed by atoms with Crippen LogP contribution in [0.3, 0.4) is 0 Å². The first-order chi connectivity index (χ1) is 8.54. The number of pyridine rings is 1. The summed E-state index contributed by atoms with van der Waals surface area (Å²) in [6.45, 7) is 3.66. The molecule has 1 N–H and O–H groups in total. The minimum Gasteiger partial charge on any atom is -0.469 e. The fourth-order valence-corrected chi connectivity index (χ4v) is 2.02. The number of unbranched alkanes of at least 4 members (excludes halogenated alkanes) is 1. The van der Waals surface area contributed by atoms with Crippen molar-refractivity contribution in [1.82, 2.24) is 4.98 Å². The summed E-state index contributed by atoms with van der Waals surface area (Å²) in [5.74, 6) is -0.976. The molecule has 0 bridgehead atoms. The molecule has 4 nitrogen and oxygen atoms in total. The minimum atomic E-state index is -1.30. The maximum Gasteiger partial charge on any atom is 0.312 e. The first-order valence-electron chi connectivity index (χ1n) is 6.25. The van der Waals surface area contributed by atoms with E-state index in [4.69, 9.17) is 4.74 Å². The van der Waals surface area contributed by atoms with Crippen LogP contribution in [-0.4, -0.2) is 23.2 Å². The number of carbonyl (C=O) groups is 1. The lowest BCUT2D eigenvalue weighted by Gasteiger charge is -2.30. The maximum atomic E-state index is 11.8. The number of hydrogen-bond acceptors (Lipinski definition) is 4. The van der Waals surface area contributed by atoms with Gasteiger partial charge in [0.2, 0.25) is 0 Å². The molecule has 0 aromatic carbocycles. The standard InChI is InChI=1S/C14H21NO3/c1-4-5-8-11(13(16)18-3)14(2,17)12-9-6-7-10-15-12/h6-7,9-11,17H,4-5,8H2,1-3H3. The minimum absolute atomic E-state index is 0.390. The molecule has 0 amide bonds. The van der Waals surface area contributed by atoms with Gasteiger partial charge in [0.15, 0.2) is 0 Å².